The number of hydrogen-bond acceptors (Lipinski definition) is 16. The Morgan fingerprint density at radius 2 is 1.26 bits per heavy atom. The summed E-state index contributed by atoms with van der Waals surface area (Å²) in [6.45, 7) is 4.81. The average molecular weight is 904 g/mol. The van der Waals surface area contributed by atoms with Gasteiger partial charge in [0.2, 0.25) is 17.2 Å². The predicted octanol–water partition coefficient (Wildman–Crippen LogP) is 9.52. The van der Waals surface area contributed by atoms with Crippen LogP contribution in [0.3, 0.4) is 0 Å². The number of rotatable bonds is 11. The van der Waals surface area contributed by atoms with Gasteiger partial charge in [-0.25, -0.2) is 0 Å². The van der Waals surface area contributed by atoms with Crippen molar-refractivity contribution in [2.24, 2.45) is 20.5 Å². The number of hydrogen-bond donors (Lipinski definition) is 6. The van der Waals surface area contributed by atoms with E-state index in [1.165, 1.54) is 38.1 Å². The van der Waals surface area contributed by atoms with Gasteiger partial charge in [-0.1, -0.05) is 48.0 Å². The van der Waals surface area contributed by atoms with Gasteiger partial charge in [0.05, 0.1) is 26.9 Å². The minimum atomic E-state index is -4.85. The maximum atomic E-state index is 12.5. The topological polar surface area (TPSA) is 296 Å². The number of halogens is 1. The second-order valence-corrected chi connectivity index (χ2v) is 17.9. The normalized spacial score (nSPS) is 12.5. The van der Waals surface area contributed by atoms with Crippen molar-refractivity contribution in [2.75, 3.05) is 10.6 Å². The third-order valence-electron chi connectivity index (χ3n) is 9.00. The summed E-state index contributed by atoms with van der Waals surface area (Å²) in [6.07, 6.45) is 0. The van der Waals surface area contributed by atoms with Crippen LogP contribution in [0.5, 0.6) is 5.75 Å². The maximum absolute atomic E-state index is 12.5. The van der Waals surface area contributed by atoms with Gasteiger partial charge in [-0.15, -0.1) is 15.3 Å². The molecule has 7 rings (SSSR count). The van der Waals surface area contributed by atoms with Crippen LogP contribution in [0.4, 0.5) is 46.0 Å². The Hall–Kier alpha value is -6.53. The zero-order chi connectivity index (χ0) is 44.0. The van der Waals surface area contributed by atoms with Crippen molar-refractivity contribution < 1.29 is 44.0 Å². The van der Waals surface area contributed by atoms with Crippen LogP contribution in [-0.4, -0.2) is 59.0 Å². The summed E-state index contributed by atoms with van der Waals surface area (Å²) in [5.41, 5.74) is 1.16. The van der Waals surface area contributed by atoms with Gasteiger partial charge < -0.3 is 15.7 Å². The molecule has 0 amide bonds. The molecule has 6 N–H and O–H groups in total. The average Bonchev–Trinajstić information content (AvgIpc) is 3.16. The lowest BCUT2D eigenvalue weighted by molar-refractivity contribution is 0.480. The van der Waals surface area contributed by atoms with Gasteiger partial charge in [0.15, 0.2) is 5.75 Å². The molecule has 0 spiro atoms. The number of aromatic hydroxyl groups is 1. The number of nitrogens with zero attached hydrogens (tertiary/aromatic N) is 7. The summed E-state index contributed by atoms with van der Waals surface area (Å²) in [5, 5.41) is 34.2. The smallest absolute Gasteiger partial charge is 0.297 e. The first-order valence-corrected chi connectivity index (χ1v) is 22.1. The number of fused-ring (bicyclic) bond motifs is 2. The van der Waals surface area contributed by atoms with Crippen molar-refractivity contribution in [3.63, 3.8) is 0 Å². The summed E-state index contributed by atoms with van der Waals surface area (Å²) in [7, 11) is -14.4. The van der Waals surface area contributed by atoms with E-state index in [4.69, 9.17) is 11.6 Å². The van der Waals surface area contributed by atoms with Crippen LogP contribution in [0.2, 0.25) is 5.28 Å². The lowest BCUT2D eigenvalue weighted by Gasteiger charge is -2.15. The van der Waals surface area contributed by atoms with Crippen molar-refractivity contribution in [1.29, 1.82) is 0 Å². The molecule has 0 aliphatic heterocycles. The number of nitrogens with one attached hydrogen (secondary N) is 2. The van der Waals surface area contributed by atoms with E-state index >= 15 is 0 Å². The van der Waals surface area contributed by atoms with E-state index in [2.05, 4.69) is 46.0 Å². The molecule has 1 heterocycles. The van der Waals surface area contributed by atoms with Crippen LogP contribution in [0.25, 0.3) is 21.5 Å². The number of phenols is 1. The zero-order valence-electron chi connectivity index (χ0n) is 31.6. The Kier molecular flexibility index (Phi) is 11.3. The van der Waals surface area contributed by atoms with Gasteiger partial charge in [0.1, 0.15) is 22.0 Å². The molecule has 7 aromatic rings. The highest BCUT2D eigenvalue weighted by molar-refractivity contribution is 7.86. The highest BCUT2D eigenvalue weighted by Crippen LogP contribution is 2.45. The number of anilines is 4. The fourth-order valence-electron chi connectivity index (χ4n) is 6.24. The highest BCUT2D eigenvalue weighted by Gasteiger charge is 2.23. The summed E-state index contributed by atoms with van der Waals surface area (Å²) in [6, 6.07) is 22.1. The van der Waals surface area contributed by atoms with Crippen molar-refractivity contribution in [1.82, 2.24) is 15.0 Å². The minimum Gasteiger partial charge on any atom is -0.505 e. The number of azo groups is 2. The van der Waals surface area contributed by atoms with Gasteiger partial charge in [0.25, 0.3) is 30.4 Å². The molecule has 1 aromatic heterocycles. The molecule has 0 saturated carbocycles. The molecule has 0 radical (unpaired) electrons. The number of aryl methyl sites for hydroxylation is 3. The second-order valence-electron chi connectivity index (χ2n) is 13.4. The number of aromatic nitrogens is 3. The first kappa shape index (κ1) is 42.6. The van der Waals surface area contributed by atoms with E-state index in [9.17, 15) is 44.0 Å². The fraction of sp³-hybridized carbons (Fsp3) is 0.0789. The first-order chi connectivity index (χ1) is 28.7. The Bertz CT molecular complexity index is 3350. The van der Waals surface area contributed by atoms with E-state index in [0.29, 0.717) is 11.1 Å². The standard InChI is InChI=1S/C38H30ClN9O10S3/c1-19-8-11-24(12-9-19)45-47-29-18-31(60(53,54)55)20(2)15-28(29)40-37-42-36(39)43-38(44-37)41-30-17-25(59(50,51)52)16-23-14-21(3)33(34(49)32(23)30)48-46-27-13-10-22-6-4-5-7-26(22)35(27)61(56,57)58/h4-18,49H,1-3H3,(H,50,51,52)(H,53,54,55)(H,56,57,58)(H2,40,41,42,43,44). The Morgan fingerprint density at radius 1 is 0.607 bits per heavy atom. The van der Waals surface area contributed by atoms with Crippen molar-refractivity contribution in [3.8, 4) is 5.75 Å². The molecule has 0 aliphatic carbocycles. The van der Waals surface area contributed by atoms with Crippen LogP contribution in [-0.2, 0) is 30.4 Å². The maximum Gasteiger partial charge on any atom is 0.297 e. The molecule has 0 saturated heterocycles. The van der Waals surface area contributed by atoms with E-state index in [1.54, 1.807) is 48.5 Å². The predicted molar refractivity (Wildman–Crippen MR) is 226 cm³/mol. The van der Waals surface area contributed by atoms with Crippen LogP contribution in [0.1, 0.15) is 16.7 Å². The molecular formula is C38H30ClN9O10S3. The van der Waals surface area contributed by atoms with Gasteiger partial charge >= 0.3 is 0 Å². The van der Waals surface area contributed by atoms with Gasteiger partial charge in [-0.2, -0.15) is 45.3 Å². The third-order valence-corrected chi connectivity index (χ3v) is 11.9. The molecule has 312 valence electrons. The van der Waals surface area contributed by atoms with Crippen LogP contribution < -0.4 is 10.6 Å². The lowest BCUT2D eigenvalue weighted by Crippen LogP contribution is -2.07. The summed E-state index contributed by atoms with van der Waals surface area (Å²) >= 11 is 6.30. The number of phenolic OH excluding ortho intramolecular Hbond substituents is 1. The lowest BCUT2D eigenvalue weighted by atomic mass is 10.0. The molecule has 19 nitrogen and oxygen atoms in total. The van der Waals surface area contributed by atoms with Crippen LogP contribution in [0, 0.1) is 20.8 Å². The molecule has 0 bridgehead atoms. The van der Waals surface area contributed by atoms with E-state index < -0.39 is 56.1 Å². The Morgan fingerprint density at radius 3 is 1.92 bits per heavy atom. The third kappa shape index (κ3) is 9.29. The Balaban J connectivity index is 1.32. The molecule has 0 atom stereocenters. The Labute approximate surface area is 352 Å². The van der Waals surface area contributed by atoms with E-state index in [-0.39, 0.29) is 67.6 Å². The van der Waals surface area contributed by atoms with E-state index in [0.717, 1.165) is 23.8 Å². The largest absolute Gasteiger partial charge is 0.505 e. The quantitative estimate of drug-likeness (QED) is 0.0520. The molecular weight excluding hydrogens is 874 g/mol. The molecule has 0 fully saturated rings. The molecule has 23 heteroatoms. The van der Waals surface area contributed by atoms with Crippen LogP contribution in [0.15, 0.2) is 126 Å². The first-order valence-electron chi connectivity index (χ1n) is 17.4. The van der Waals surface area contributed by atoms with Crippen molar-refractivity contribution in [3.05, 3.63) is 113 Å². The summed E-state index contributed by atoms with van der Waals surface area (Å²) in [4.78, 5) is 10.9. The second kappa shape index (κ2) is 16.2. The summed E-state index contributed by atoms with van der Waals surface area (Å²) < 4.78 is 104. The monoisotopic (exact) mass is 903 g/mol. The zero-order valence-corrected chi connectivity index (χ0v) is 34.8. The molecule has 61 heavy (non-hydrogen) atoms. The van der Waals surface area contributed by atoms with Crippen molar-refractivity contribution in [2.45, 2.75) is 35.5 Å². The van der Waals surface area contributed by atoms with Gasteiger partial charge in [-0.3, -0.25) is 13.7 Å². The van der Waals surface area contributed by atoms with Crippen LogP contribution >= 0.6 is 11.6 Å². The SMILES string of the molecule is Cc1ccc(N=Nc2cc(S(=O)(=O)O)c(C)cc2Nc2nc(Cl)nc(Nc3cc(S(=O)(=O)O)cc4cc(C)c(N=Nc5ccc6ccccc6c5S(=O)(=O)O)c(O)c34)n2)cc1. The summed E-state index contributed by atoms with van der Waals surface area (Å²) in [5.74, 6) is -1.15. The van der Waals surface area contributed by atoms with Crippen molar-refractivity contribution >= 4 is 110 Å². The minimum absolute atomic E-state index is 0.0638. The van der Waals surface area contributed by atoms with E-state index in [1.807, 2.05) is 6.92 Å². The number of benzene rings is 6. The molecule has 6 aromatic carbocycles. The van der Waals surface area contributed by atoms with Gasteiger partial charge in [-0.05, 0) is 103 Å². The molecule has 0 unspecified atom stereocenters. The molecule has 0 aliphatic rings. The fourth-order valence-corrected chi connectivity index (χ4v) is 8.51. The highest BCUT2D eigenvalue weighted by atomic mass is 35.5. The van der Waals surface area contributed by atoms with Gasteiger partial charge in [0, 0.05) is 10.8 Å².